The van der Waals surface area contributed by atoms with Crippen molar-refractivity contribution in [2.45, 2.75) is 76.7 Å². The van der Waals surface area contributed by atoms with Crippen molar-refractivity contribution in [3.63, 3.8) is 0 Å². The Kier molecular flexibility index (Phi) is 13.7. The number of phenolic OH excluding ortho intramolecular Hbond substituents is 1. The molecule has 14 heteroatoms. The summed E-state index contributed by atoms with van der Waals surface area (Å²) in [6.45, 7) is 4.85. The van der Waals surface area contributed by atoms with Gasteiger partial charge in [-0.2, -0.15) is 0 Å². The van der Waals surface area contributed by atoms with Gasteiger partial charge in [-0.3, -0.25) is 19.4 Å². The predicted octanol–water partition coefficient (Wildman–Crippen LogP) is -1.72. The molecule has 6 atom stereocenters. The van der Waals surface area contributed by atoms with Gasteiger partial charge >= 0.3 is 5.97 Å². The van der Waals surface area contributed by atoms with E-state index in [-0.39, 0.29) is 37.5 Å². The van der Waals surface area contributed by atoms with Gasteiger partial charge in [0.25, 0.3) is 0 Å². The molecule has 1 aromatic rings. The van der Waals surface area contributed by atoms with Gasteiger partial charge in [-0.15, -0.1) is 0 Å². The number of aliphatic hydroxyl groups excluding tert-OH is 1. The number of aliphatic carboxylic acids is 1. The zero-order valence-corrected chi connectivity index (χ0v) is 22.5. The molecule has 14 nitrogen and oxygen atoms in total. The molecule has 12 N–H and O–H groups in total. The number of aliphatic hydroxyl groups is 1. The maximum atomic E-state index is 13.2. The number of nitrogens with one attached hydrogen (secondary N) is 3. The number of hydrogen-bond donors (Lipinski definition) is 9. The molecule has 0 radical (unpaired) electrons. The second-order valence-electron chi connectivity index (χ2n) is 9.42. The molecule has 0 aliphatic rings. The number of carboxylic acids is 1. The SMILES string of the molecule is CCC(C)C(NC(=O)C(NC(=O)C(CCCN=C(N)N)NC(=O)C(N)Cc1ccc(O)cc1)C(C)O)C(=O)O. The summed E-state index contributed by atoms with van der Waals surface area (Å²) in [7, 11) is 0. The first kappa shape index (κ1) is 33.1. The van der Waals surface area contributed by atoms with E-state index >= 15 is 0 Å². The number of aliphatic imine (C=N–C) groups is 1. The smallest absolute Gasteiger partial charge is 0.326 e. The van der Waals surface area contributed by atoms with Crippen molar-refractivity contribution in [3.05, 3.63) is 29.8 Å². The molecule has 0 aromatic heterocycles. The van der Waals surface area contributed by atoms with Crippen molar-refractivity contribution in [3.8, 4) is 5.75 Å². The zero-order valence-electron chi connectivity index (χ0n) is 22.5. The summed E-state index contributed by atoms with van der Waals surface area (Å²) in [5.41, 5.74) is 17.4. The number of carbonyl (C=O) groups is 4. The second-order valence-corrected chi connectivity index (χ2v) is 9.42. The van der Waals surface area contributed by atoms with Crippen LogP contribution in [0.5, 0.6) is 5.75 Å². The number of nitrogens with two attached hydrogens (primary N) is 3. The summed E-state index contributed by atoms with van der Waals surface area (Å²) >= 11 is 0. The van der Waals surface area contributed by atoms with Crippen LogP contribution >= 0.6 is 0 Å². The number of carboxylic acid groups (broad SMARTS) is 1. The highest BCUT2D eigenvalue weighted by Crippen LogP contribution is 2.12. The van der Waals surface area contributed by atoms with Gasteiger partial charge in [0.2, 0.25) is 17.7 Å². The third kappa shape index (κ3) is 11.6. The Morgan fingerprint density at radius 1 is 0.949 bits per heavy atom. The molecule has 0 aliphatic heterocycles. The third-order valence-electron chi connectivity index (χ3n) is 6.15. The number of phenols is 1. The van der Waals surface area contributed by atoms with Crippen LogP contribution in [0.2, 0.25) is 0 Å². The fourth-order valence-corrected chi connectivity index (χ4v) is 3.62. The fourth-order valence-electron chi connectivity index (χ4n) is 3.62. The summed E-state index contributed by atoms with van der Waals surface area (Å²) in [5, 5.41) is 36.4. The number of aromatic hydroxyl groups is 1. The summed E-state index contributed by atoms with van der Waals surface area (Å²) in [6, 6.07) is 1.20. The van der Waals surface area contributed by atoms with Crippen LogP contribution in [0.1, 0.15) is 45.6 Å². The lowest BCUT2D eigenvalue weighted by molar-refractivity contribution is -0.144. The third-order valence-corrected chi connectivity index (χ3v) is 6.15. The largest absolute Gasteiger partial charge is 0.508 e. The second kappa shape index (κ2) is 16.1. The molecule has 0 saturated heterocycles. The Morgan fingerprint density at radius 3 is 2.05 bits per heavy atom. The number of benzene rings is 1. The highest BCUT2D eigenvalue weighted by molar-refractivity contribution is 5.94. The summed E-state index contributed by atoms with van der Waals surface area (Å²) < 4.78 is 0. The number of rotatable bonds is 16. The molecule has 0 spiro atoms. The molecule has 218 valence electrons. The van der Waals surface area contributed by atoms with Crippen molar-refractivity contribution in [2.75, 3.05) is 6.54 Å². The average Bonchev–Trinajstić information content (AvgIpc) is 2.87. The Bertz CT molecular complexity index is 997. The van der Waals surface area contributed by atoms with Crippen LogP contribution in [0, 0.1) is 5.92 Å². The molecule has 1 rings (SSSR count). The Morgan fingerprint density at radius 2 is 1.54 bits per heavy atom. The van der Waals surface area contributed by atoms with Gasteiger partial charge in [-0.25, -0.2) is 4.79 Å². The van der Waals surface area contributed by atoms with Gasteiger partial charge in [0.15, 0.2) is 5.96 Å². The molecule has 6 unspecified atom stereocenters. The van der Waals surface area contributed by atoms with Crippen LogP contribution in [-0.4, -0.2) is 81.8 Å². The van der Waals surface area contributed by atoms with Crippen LogP contribution in [0.15, 0.2) is 29.3 Å². The number of carbonyl (C=O) groups excluding carboxylic acids is 3. The molecule has 0 bridgehead atoms. The van der Waals surface area contributed by atoms with Gasteiger partial charge in [-0.1, -0.05) is 32.4 Å². The summed E-state index contributed by atoms with van der Waals surface area (Å²) in [5.74, 6) is -4.07. The monoisotopic (exact) mass is 551 g/mol. The van der Waals surface area contributed by atoms with Crippen molar-refractivity contribution < 1.29 is 34.5 Å². The Balaban J connectivity index is 3.02. The van der Waals surface area contributed by atoms with E-state index in [9.17, 15) is 34.5 Å². The highest BCUT2D eigenvalue weighted by atomic mass is 16.4. The normalized spacial score (nSPS) is 15.5. The quantitative estimate of drug-likeness (QED) is 0.0638. The highest BCUT2D eigenvalue weighted by Gasteiger charge is 2.34. The maximum absolute atomic E-state index is 13.2. The number of nitrogens with zero attached hydrogens (tertiary/aromatic N) is 1. The van der Waals surface area contributed by atoms with Gasteiger partial charge in [0, 0.05) is 6.54 Å². The lowest BCUT2D eigenvalue weighted by atomic mass is 9.98. The molecule has 1 aromatic carbocycles. The topological polar surface area (TPSA) is 255 Å². The molecule has 0 heterocycles. The Labute approximate surface area is 227 Å². The van der Waals surface area contributed by atoms with Crippen molar-refractivity contribution in [1.82, 2.24) is 16.0 Å². The van der Waals surface area contributed by atoms with Gasteiger partial charge in [0.1, 0.15) is 23.9 Å². The number of guanidine groups is 1. The van der Waals surface area contributed by atoms with Gasteiger partial charge in [-0.05, 0) is 49.8 Å². The molecule has 0 fully saturated rings. The minimum absolute atomic E-state index is 0.0600. The predicted molar refractivity (Wildman–Crippen MR) is 144 cm³/mol. The number of amides is 3. The van der Waals surface area contributed by atoms with Crippen LogP contribution in [0.25, 0.3) is 0 Å². The summed E-state index contributed by atoms with van der Waals surface area (Å²) in [6.07, 6.45) is -0.435. The first-order valence-electron chi connectivity index (χ1n) is 12.7. The van der Waals surface area contributed by atoms with E-state index in [0.29, 0.717) is 12.0 Å². The van der Waals surface area contributed by atoms with E-state index in [4.69, 9.17) is 17.2 Å². The lowest BCUT2D eigenvalue weighted by Crippen LogP contribution is -2.60. The molecular weight excluding hydrogens is 510 g/mol. The van der Waals surface area contributed by atoms with E-state index in [1.807, 2.05) is 0 Å². The van der Waals surface area contributed by atoms with E-state index < -0.39 is 59.9 Å². The Hall–Kier alpha value is -3.91. The van der Waals surface area contributed by atoms with Crippen molar-refractivity contribution in [1.29, 1.82) is 0 Å². The van der Waals surface area contributed by atoms with Gasteiger partial charge < -0.3 is 48.5 Å². The van der Waals surface area contributed by atoms with E-state index in [1.54, 1.807) is 26.0 Å². The number of hydrogen-bond acceptors (Lipinski definition) is 8. The maximum Gasteiger partial charge on any atom is 0.326 e. The van der Waals surface area contributed by atoms with Crippen molar-refractivity contribution in [2.24, 2.45) is 28.1 Å². The first-order chi connectivity index (χ1) is 18.3. The minimum Gasteiger partial charge on any atom is -0.508 e. The van der Waals surface area contributed by atoms with Crippen LogP contribution in [0.3, 0.4) is 0 Å². The van der Waals surface area contributed by atoms with Gasteiger partial charge in [0.05, 0.1) is 12.1 Å². The standard InChI is InChI=1S/C25H41N7O7/c1-4-13(2)19(24(38)39)31-23(37)20(14(3)33)32-22(36)18(6-5-11-29-25(27)28)30-21(35)17(26)12-15-7-9-16(34)10-8-15/h7-10,13-14,17-20,33-34H,4-6,11-12,26H2,1-3H3,(H,30,35)(H,31,37)(H,32,36)(H,38,39)(H4,27,28,29). The molecule has 0 saturated carbocycles. The van der Waals surface area contributed by atoms with E-state index in [2.05, 4.69) is 20.9 Å². The van der Waals surface area contributed by atoms with Crippen LogP contribution < -0.4 is 33.2 Å². The van der Waals surface area contributed by atoms with E-state index in [1.165, 1.54) is 19.1 Å². The lowest BCUT2D eigenvalue weighted by Gasteiger charge is -2.27. The minimum atomic E-state index is -1.49. The molecule has 3 amide bonds. The van der Waals surface area contributed by atoms with Crippen LogP contribution in [0.4, 0.5) is 0 Å². The molecular formula is C25H41N7O7. The average molecular weight is 552 g/mol. The molecule has 0 aliphatic carbocycles. The van der Waals surface area contributed by atoms with Crippen LogP contribution in [-0.2, 0) is 25.6 Å². The zero-order chi connectivity index (χ0) is 29.7. The molecule has 39 heavy (non-hydrogen) atoms. The summed E-state index contributed by atoms with van der Waals surface area (Å²) in [4.78, 5) is 54.3. The fraction of sp³-hybridized carbons (Fsp3) is 0.560. The van der Waals surface area contributed by atoms with Crippen molar-refractivity contribution >= 4 is 29.7 Å². The van der Waals surface area contributed by atoms with E-state index in [0.717, 1.165) is 0 Å². The first-order valence-corrected chi connectivity index (χ1v) is 12.7.